The average molecular weight is 647 g/mol. The highest BCUT2D eigenvalue weighted by atomic mass is 16.5. The first kappa shape index (κ1) is 32.4. The fraction of sp³-hybridized carbons (Fsp3) is 0.273. The molecule has 0 atom stereocenters. The molecule has 0 bridgehead atoms. The summed E-state index contributed by atoms with van der Waals surface area (Å²) in [6, 6.07) is 34.5. The summed E-state index contributed by atoms with van der Waals surface area (Å²) in [5, 5.41) is 7.37. The molecule has 0 aliphatic carbocycles. The van der Waals surface area contributed by atoms with Gasteiger partial charge in [0, 0.05) is 40.4 Å². The third-order valence-electron chi connectivity index (χ3n) is 9.25. The SMILES string of the molecule is Cc1cc(Oc2ccc3c4cc(CC(C)(C)C)ccc4n(-c4cc(C(C)(C)C)ccn4)c3c2)cc(-n2nc(C)c(-c3ccccc3)c2C)c1. The zero-order valence-corrected chi connectivity index (χ0v) is 30.2. The van der Waals surface area contributed by atoms with Gasteiger partial charge < -0.3 is 4.74 Å². The normalized spacial score (nSPS) is 12.3. The second-order valence-electron chi connectivity index (χ2n) is 15.7. The maximum Gasteiger partial charge on any atom is 0.137 e. The van der Waals surface area contributed by atoms with E-state index in [0.717, 1.165) is 63.0 Å². The number of ether oxygens (including phenoxy) is 1. The molecule has 3 aromatic heterocycles. The molecule has 0 saturated carbocycles. The quantitative estimate of drug-likeness (QED) is 0.181. The first-order chi connectivity index (χ1) is 23.2. The number of nitrogens with zero attached hydrogens (tertiary/aromatic N) is 4. The standard InChI is InChI=1S/C44H46N4O/c1-28-21-34(48-30(3)42(29(2)46-48)32-13-11-10-12-14-32)25-36(22-28)49-35-16-17-37-38-23-31(27-43(4,5)6)15-18-39(38)47(40(37)26-35)41-24-33(19-20-45-41)44(7,8)9/h10-26H,27H2,1-9H3. The lowest BCUT2D eigenvalue weighted by atomic mass is 9.87. The summed E-state index contributed by atoms with van der Waals surface area (Å²) in [5.74, 6) is 2.45. The van der Waals surface area contributed by atoms with E-state index in [-0.39, 0.29) is 10.8 Å². The minimum Gasteiger partial charge on any atom is -0.457 e. The largest absolute Gasteiger partial charge is 0.457 e. The van der Waals surface area contributed by atoms with Gasteiger partial charge in [0.05, 0.1) is 22.4 Å². The zero-order valence-electron chi connectivity index (χ0n) is 30.2. The van der Waals surface area contributed by atoms with E-state index in [2.05, 4.69) is 158 Å². The number of rotatable bonds is 6. The lowest BCUT2D eigenvalue weighted by Gasteiger charge is -2.20. The predicted molar refractivity (Wildman–Crippen MR) is 204 cm³/mol. The summed E-state index contributed by atoms with van der Waals surface area (Å²) in [7, 11) is 0. The van der Waals surface area contributed by atoms with E-state index in [9.17, 15) is 0 Å². The van der Waals surface area contributed by atoms with Crippen molar-refractivity contribution in [2.24, 2.45) is 5.41 Å². The number of fused-ring (bicyclic) bond motifs is 3. The van der Waals surface area contributed by atoms with E-state index in [1.165, 1.54) is 27.5 Å². The Morgan fingerprint density at radius 3 is 2.20 bits per heavy atom. The van der Waals surface area contributed by atoms with Crippen LogP contribution in [0.25, 0.3) is 44.4 Å². The second-order valence-corrected chi connectivity index (χ2v) is 15.7. The summed E-state index contributed by atoms with van der Waals surface area (Å²) in [4.78, 5) is 4.90. The minimum atomic E-state index is 0.000800. The Morgan fingerprint density at radius 2 is 1.47 bits per heavy atom. The molecule has 0 spiro atoms. The second kappa shape index (κ2) is 12.1. The molecule has 0 aliphatic rings. The molecule has 248 valence electrons. The average Bonchev–Trinajstić information content (AvgIpc) is 3.52. The summed E-state index contributed by atoms with van der Waals surface area (Å²) in [5.41, 5.74) is 11.5. The van der Waals surface area contributed by atoms with Crippen molar-refractivity contribution in [3.8, 4) is 34.1 Å². The molecule has 7 rings (SSSR count). The van der Waals surface area contributed by atoms with Crippen LogP contribution in [0.2, 0.25) is 0 Å². The van der Waals surface area contributed by atoms with E-state index in [0.29, 0.717) is 0 Å². The number of benzene rings is 4. The van der Waals surface area contributed by atoms with Crippen LogP contribution >= 0.6 is 0 Å². The van der Waals surface area contributed by atoms with Crippen LogP contribution in [0.5, 0.6) is 11.5 Å². The van der Waals surface area contributed by atoms with Crippen molar-refractivity contribution >= 4 is 21.8 Å². The van der Waals surface area contributed by atoms with Crippen molar-refractivity contribution in [1.82, 2.24) is 19.3 Å². The van der Waals surface area contributed by atoms with E-state index in [4.69, 9.17) is 14.8 Å². The summed E-state index contributed by atoms with van der Waals surface area (Å²) in [6.07, 6.45) is 2.94. The molecule has 0 radical (unpaired) electrons. The number of aryl methyl sites for hydroxylation is 2. The van der Waals surface area contributed by atoms with Crippen LogP contribution in [-0.2, 0) is 11.8 Å². The molecule has 7 aromatic rings. The Labute approximate surface area is 290 Å². The Kier molecular flexibility index (Phi) is 7.98. The van der Waals surface area contributed by atoms with Crippen LogP contribution in [0.15, 0.2) is 103 Å². The van der Waals surface area contributed by atoms with Gasteiger partial charge in [-0.05, 0) is 109 Å². The Balaban J connectivity index is 1.33. The molecule has 49 heavy (non-hydrogen) atoms. The number of pyridine rings is 1. The Hall–Kier alpha value is -5.16. The maximum absolute atomic E-state index is 6.67. The molecule has 5 heteroatoms. The Bertz CT molecular complexity index is 2330. The van der Waals surface area contributed by atoms with Crippen molar-refractivity contribution in [3.05, 3.63) is 131 Å². The third-order valence-corrected chi connectivity index (χ3v) is 9.25. The fourth-order valence-electron chi connectivity index (χ4n) is 7.05. The topological polar surface area (TPSA) is 44.9 Å². The van der Waals surface area contributed by atoms with E-state index in [1.807, 2.05) is 16.9 Å². The van der Waals surface area contributed by atoms with E-state index >= 15 is 0 Å². The number of hydrogen-bond donors (Lipinski definition) is 0. The van der Waals surface area contributed by atoms with Gasteiger partial charge in [0.25, 0.3) is 0 Å². The monoisotopic (exact) mass is 646 g/mol. The first-order valence-corrected chi connectivity index (χ1v) is 17.2. The van der Waals surface area contributed by atoms with Gasteiger partial charge in [0.15, 0.2) is 0 Å². The molecule has 0 aliphatic heterocycles. The van der Waals surface area contributed by atoms with Gasteiger partial charge in [0.2, 0.25) is 0 Å². The fourth-order valence-corrected chi connectivity index (χ4v) is 7.05. The first-order valence-electron chi connectivity index (χ1n) is 17.2. The molecule has 0 fully saturated rings. The lowest BCUT2D eigenvalue weighted by molar-refractivity contribution is 0.411. The van der Waals surface area contributed by atoms with Gasteiger partial charge in [-0.1, -0.05) is 77.9 Å². The van der Waals surface area contributed by atoms with Crippen LogP contribution in [0.3, 0.4) is 0 Å². The van der Waals surface area contributed by atoms with Gasteiger partial charge in [-0.25, -0.2) is 9.67 Å². The smallest absolute Gasteiger partial charge is 0.137 e. The van der Waals surface area contributed by atoms with E-state index < -0.39 is 0 Å². The van der Waals surface area contributed by atoms with Crippen molar-refractivity contribution in [2.45, 2.75) is 74.1 Å². The van der Waals surface area contributed by atoms with Crippen LogP contribution in [0.4, 0.5) is 0 Å². The van der Waals surface area contributed by atoms with Crippen LogP contribution in [0.1, 0.15) is 69.6 Å². The number of hydrogen-bond acceptors (Lipinski definition) is 3. The summed E-state index contributed by atoms with van der Waals surface area (Å²) < 4.78 is 11.0. The van der Waals surface area contributed by atoms with E-state index in [1.54, 1.807) is 0 Å². The van der Waals surface area contributed by atoms with Crippen molar-refractivity contribution < 1.29 is 4.74 Å². The molecule has 3 heterocycles. The lowest BCUT2D eigenvalue weighted by Crippen LogP contribution is -2.12. The summed E-state index contributed by atoms with van der Waals surface area (Å²) in [6.45, 7) is 19.9. The zero-order chi connectivity index (χ0) is 34.7. The van der Waals surface area contributed by atoms with Gasteiger partial charge in [0.1, 0.15) is 17.3 Å². The van der Waals surface area contributed by atoms with Crippen LogP contribution < -0.4 is 4.74 Å². The van der Waals surface area contributed by atoms with Gasteiger partial charge >= 0.3 is 0 Å². The molecule has 5 nitrogen and oxygen atoms in total. The highest BCUT2D eigenvalue weighted by Crippen LogP contribution is 2.38. The predicted octanol–water partition coefficient (Wildman–Crippen LogP) is 11.6. The summed E-state index contributed by atoms with van der Waals surface area (Å²) >= 11 is 0. The van der Waals surface area contributed by atoms with Gasteiger partial charge in [-0.15, -0.1) is 0 Å². The molecule has 0 unspecified atom stereocenters. The highest BCUT2D eigenvalue weighted by Gasteiger charge is 2.20. The minimum absolute atomic E-state index is 0.000800. The maximum atomic E-state index is 6.67. The van der Waals surface area contributed by atoms with Gasteiger partial charge in [-0.3, -0.25) is 4.57 Å². The molecule has 4 aromatic carbocycles. The van der Waals surface area contributed by atoms with Crippen LogP contribution in [-0.4, -0.2) is 19.3 Å². The molecule has 0 amide bonds. The van der Waals surface area contributed by atoms with Crippen LogP contribution in [0, 0.1) is 26.2 Å². The Morgan fingerprint density at radius 1 is 0.694 bits per heavy atom. The van der Waals surface area contributed by atoms with Crippen molar-refractivity contribution in [1.29, 1.82) is 0 Å². The van der Waals surface area contributed by atoms with Crippen molar-refractivity contribution in [3.63, 3.8) is 0 Å². The van der Waals surface area contributed by atoms with Crippen molar-refractivity contribution in [2.75, 3.05) is 0 Å². The highest BCUT2D eigenvalue weighted by molar-refractivity contribution is 6.09. The molecule has 0 N–H and O–H groups in total. The number of aromatic nitrogens is 4. The molecular weight excluding hydrogens is 601 g/mol. The third kappa shape index (κ3) is 6.38. The molecule has 0 saturated heterocycles. The van der Waals surface area contributed by atoms with Gasteiger partial charge in [-0.2, -0.15) is 5.10 Å². The molecular formula is C44H46N4O.